The molecule has 0 bridgehead atoms. The van der Waals surface area contributed by atoms with Gasteiger partial charge in [-0.3, -0.25) is 9.59 Å². The predicted molar refractivity (Wildman–Crippen MR) is 99.1 cm³/mol. The van der Waals surface area contributed by atoms with Crippen molar-refractivity contribution < 1.29 is 9.59 Å². The summed E-state index contributed by atoms with van der Waals surface area (Å²) in [7, 11) is 0. The van der Waals surface area contributed by atoms with Gasteiger partial charge in [0.15, 0.2) is 10.1 Å². The van der Waals surface area contributed by atoms with E-state index in [1.54, 1.807) is 24.3 Å². The normalized spacial score (nSPS) is 12.0. The molecule has 0 radical (unpaired) electrons. The monoisotopic (exact) mass is 364 g/mol. The Kier molecular flexibility index (Phi) is 6.33. The van der Waals surface area contributed by atoms with Crippen LogP contribution in [0.4, 0.5) is 10.8 Å². The number of anilines is 2. The Morgan fingerprint density at radius 3 is 2.62 bits per heavy atom. The molecule has 2 rings (SSSR count). The molecule has 0 aliphatic rings. The molecule has 128 valence electrons. The number of amides is 1. The van der Waals surface area contributed by atoms with E-state index in [1.807, 2.05) is 20.8 Å². The summed E-state index contributed by atoms with van der Waals surface area (Å²) >= 11 is 2.78. The van der Waals surface area contributed by atoms with E-state index < -0.39 is 0 Å². The van der Waals surface area contributed by atoms with E-state index in [0.717, 1.165) is 9.47 Å². The number of carbonyl (C=O) groups excluding carboxylic acids is 2. The van der Waals surface area contributed by atoms with E-state index in [1.165, 1.54) is 30.0 Å². The fraction of sp³-hybridized carbons (Fsp3) is 0.375. The molecule has 0 spiro atoms. The van der Waals surface area contributed by atoms with Gasteiger partial charge in [-0.15, -0.1) is 10.2 Å². The Bertz CT molecular complexity index is 730. The Labute approximate surface area is 149 Å². The molecule has 24 heavy (non-hydrogen) atoms. The molecule has 0 saturated carbocycles. The van der Waals surface area contributed by atoms with E-state index in [9.17, 15) is 9.59 Å². The van der Waals surface area contributed by atoms with Crippen LogP contribution in [0.5, 0.6) is 0 Å². The van der Waals surface area contributed by atoms with Crippen LogP contribution in [0, 0.1) is 0 Å². The molecule has 1 heterocycles. The van der Waals surface area contributed by atoms with Gasteiger partial charge in [-0.2, -0.15) is 0 Å². The summed E-state index contributed by atoms with van der Waals surface area (Å²) in [4.78, 5) is 23.7. The molecule has 0 fully saturated rings. The minimum Gasteiger partial charge on any atom is -0.358 e. The molecule has 0 aliphatic carbocycles. The Morgan fingerprint density at radius 2 is 1.96 bits per heavy atom. The van der Waals surface area contributed by atoms with Crippen molar-refractivity contribution in [1.82, 2.24) is 10.2 Å². The average molecular weight is 364 g/mol. The zero-order valence-corrected chi connectivity index (χ0v) is 15.6. The second kappa shape index (κ2) is 8.25. The Balaban J connectivity index is 1.96. The smallest absolute Gasteiger partial charge is 0.237 e. The maximum absolute atomic E-state index is 12.3. The van der Waals surface area contributed by atoms with Gasteiger partial charge in [-0.25, -0.2) is 0 Å². The third-order valence-electron chi connectivity index (χ3n) is 3.00. The topological polar surface area (TPSA) is 84.0 Å². The average Bonchev–Trinajstić information content (AvgIpc) is 2.93. The van der Waals surface area contributed by atoms with E-state index in [0.29, 0.717) is 11.3 Å². The van der Waals surface area contributed by atoms with E-state index >= 15 is 0 Å². The zero-order valence-electron chi connectivity index (χ0n) is 14.0. The first-order valence-corrected chi connectivity index (χ1v) is 9.23. The summed E-state index contributed by atoms with van der Waals surface area (Å²) in [5, 5.41) is 14.6. The van der Waals surface area contributed by atoms with E-state index in [-0.39, 0.29) is 23.0 Å². The lowest BCUT2D eigenvalue weighted by Crippen LogP contribution is -2.22. The summed E-state index contributed by atoms with van der Waals surface area (Å²) in [6.07, 6.45) is 0. The first-order chi connectivity index (χ1) is 11.3. The molecule has 0 saturated heterocycles. The largest absolute Gasteiger partial charge is 0.358 e. The molecule has 8 heteroatoms. The molecule has 1 atom stereocenters. The van der Waals surface area contributed by atoms with Crippen LogP contribution in [0.25, 0.3) is 0 Å². The van der Waals surface area contributed by atoms with Crippen molar-refractivity contribution in [3.63, 3.8) is 0 Å². The van der Waals surface area contributed by atoms with E-state index in [4.69, 9.17) is 0 Å². The minimum atomic E-state index is -0.328. The molecule has 2 aromatic rings. The van der Waals surface area contributed by atoms with Gasteiger partial charge in [-0.05, 0) is 39.8 Å². The highest BCUT2D eigenvalue weighted by Crippen LogP contribution is 2.29. The maximum atomic E-state index is 12.3. The van der Waals surface area contributed by atoms with Crippen LogP contribution in [0.15, 0.2) is 28.6 Å². The van der Waals surface area contributed by atoms with Crippen molar-refractivity contribution in [1.29, 1.82) is 0 Å². The quantitative estimate of drug-likeness (QED) is 0.576. The zero-order chi connectivity index (χ0) is 17.7. The molecule has 0 aliphatic heterocycles. The highest BCUT2D eigenvalue weighted by molar-refractivity contribution is 8.02. The van der Waals surface area contributed by atoms with Crippen LogP contribution in [0.3, 0.4) is 0 Å². The third-order valence-corrected chi connectivity index (χ3v) is 5.04. The maximum Gasteiger partial charge on any atom is 0.237 e. The summed E-state index contributed by atoms with van der Waals surface area (Å²) in [5.74, 6) is -0.179. The summed E-state index contributed by atoms with van der Waals surface area (Å²) in [5.41, 5.74) is 1.18. The number of hydrogen-bond donors (Lipinski definition) is 2. The summed E-state index contributed by atoms with van der Waals surface area (Å²) < 4.78 is 0.735. The van der Waals surface area contributed by atoms with Crippen molar-refractivity contribution in [3.05, 3.63) is 29.8 Å². The minimum absolute atomic E-state index is 0.0347. The van der Waals surface area contributed by atoms with Crippen LogP contribution in [-0.2, 0) is 4.79 Å². The van der Waals surface area contributed by atoms with E-state index in [2.05, 4.69) is 20.8 Å². The Hall–Kier alpha value is -1.93. The number of benzene rings is 1. The first-order valence-electron chi connectivity index (χ1n) is 7.53. The fourth-order valence-electron chi connectivity index (χ4n) is 1.83. The van der Waals surface area contributed by atoms with Crippen LogP contribution in [0.2, 0.25) is 0 Å². The summed E-state index contributed by atoms with van der Waals surface area (Å²) in [6.45, 7) is 7.36. The molecular formula is C16H20N4O2S2. The van der Waals surface area contributed by atoms with Gasteiger partial charge in [0.1, 0.15) is 0 Å². The SMILES string of the molecule is CC(=O)c1cccc(NC(=O)C(C)Sc2nnc(NC(C)C)s2)c1. The highest BCUT2D eigenvalue weighted by Gasteiger charge is 2.18. The van der Waals surface area contributed by atoms with Gasteiger partial charge < -0.3 is 10.6 Å². The number of rotatable bonds is 7. The highest BCUT2D eigenvalue weighted by atomic mass is 32.2. The number of aromatic nitrogens is 2. The van der Waals surface area contributed by atoms with Crippen LogP contribution >= 0.6 is 23.1 Å². The molecule has 2 N–H and O–H groups in total. The number of hydrogen-bond acceptors (Lipinski definition) is 7. The van der Waals surface area contributed by atoms with Crippen molar-refractivity contribution in [2.75, 3.05) is 10.6 Å². The number of carbonyl (C=O) groups is 2. The van der Waals surface area contributed by atoms with Crippen molar-refractivity contribution in [3.8, 4) is 0 Å². The predicted octanol–water partition coefficient (Wildman–Crippen LogP) is 3.68. The van der Waals surface area contributed by atoms with Gasteiger partial charge in [0, 0.05) is 17.3 Å². The lowest BCUT2D eigenvalue weighted by molar-refractivity contribution is -0.115. The van der Waals surface area contributed by atoms with Crippen LogP contribution in [0.1, 0.15) is 38.1 Å². The second-order valence-electron chi connectivity index (χ2n) is 5.56. The molecule has 1 unspecified atom stereocenters. The fourth-order valence-corrected chi connectivity index (χ4v) is 3.87. The van der Waals surface area contributed by atoms with Crippen molar-refractivity contribution >= 4 is 45.6 Å². The standard InChI is InChI=1S/C16H20N4O2S2/c1-9(2)17-15-19-20-16(24-15)23-11(4)14(22)18-13-7-5-6-12(8-13)10(3)21/h5-9,11H,1-4H3,(H,17,19)(H,18,22). The number of nitrogens with one attached hydrogen (secondary N) is 2. The molecule has 6 nitrogen and oxygen atoms in total. The van der Waals surface area contributed by atoms with Crippen molar-refractivity contribution in [2.24, 2.45) is 0 Å². The Morgan fingerprint density at radius 1 is 1.21 bits per heavy atom. The van der Waals surface area contributed by atoms with Crippen LogP contribution < -0.4 is 10.6 Å². The van der Waals surface area contributed by atoms with Crippen molar-refractivity contribution in [2.45, 2.75) is 43.3 Å². The van der Waals surface area contributed by atoms with Gasteiger partial charge >= 0.3 is 0 Å². The van der Waals surface area contributed by atoms with Gasteiger partial charge in [0.25, 0.3) is 0 Å². The lowest BCUT2D eigenvalue weighted by atomic mass is 10.1. The van der Waals surface area contributed by atoms with Crippen LogP contribution in [-0.4, -0.2) is 33.2 Å². The third kappa shape index (κ3) is 5.31. The number of thioether (sulfide) groups is 1. The molecule has 1 aromatic carbocycles. The molecule has 1 amide bonds. The number of nitrogens with zero attached hydrogens (tertiary/aromatic N) is 2. The number of Topliss-reactive ketones (excluding diaryl/α,β-unsaturated/α-hetero) is 1. The van der Waals surface area contributed by atoms with Gasteiger partial charge in [-0.1, -0.05) is 35.2 Å². The van der Waals surface area contributed by atoms with Gasteiger partial charge in [0.2, 0.25) is 11.0 Å². The molecular weight excluding hydrogens is 344 g/mol. The second-order valence-corrected chi connectivity index (χ2v) is 8.12. The number of ketones is 1. The first kappa shape index (κ1) is 18.4. The lowest BCUT2D eigenvalue weighted by Gasteiger charge is -2.10. The summed E-state index contributed by atoms with van der Waals surface area (Å²) in [6, 6.07) is 7.19. The molecule has 1 aromatic heterocycles. The van der Waals surface area contributed by atoms with Gasteiger partial charge in [0.05, 0.1) is 5.25 Å².